The minimum atomic E-state index is -0.546. The van der Waals surface area contributed by atoms with E-state index in [4.69, 9.17) is 9.47 Å². The van der Waals surface area contributed by atoms with Gasteiger partial charge in [-0.15, -0.1) is 0 Å². The fourth-order valence-electron chi connectivity index (χ4n) is 1.39. The summed E-state index contributed by atoms with van der Waals surface area (Å²) < 4.78 is 11.4. The number of halogens is 1. The topological polar surface area (TPSA) is 74.5 Å². The molecule has 0 aliphatic heterocycles. The van der Waals surface area contributed by atoms with E-state index in [1.165, 1.54) is 19.2 Å². The molecule has 0 unspecified atom stereocenters. The highest BCUT2D eigenvalue weighted by atomic mass is 127. The average Bonchev–Trinajstić information content (AvgIpc) is 2.38. The van der Waals surface area contributed by atoms with Crippen LogP contribution in [0.3, 0.4) is 0 Å². The smallest absolute Gasteiger partial charge is 0.331 e. The van der Waals surface area contributed by atoms with Crippen LogP contribution in [0.1, 0.15) is 0 Å². The third-order valence-corrected chi connectivity index (χ3v) is 2.90. The highest BCUT2D eigenvalue weighted by molar-refractivity contribution is 14.1. The van der Waals surface area contributed by atoms with Gasteiger partial charge in [0.15, 0.2) is 0 Å². The average molecular weight is 372 g/mol. The second-order valence-corrected chi connectivity index (χ2v) is 4.74. The number of ether oxygens (including phenoxy) is 2. The maximum absolute atomic E-state index is 10.9. The number of methoxy groups -OCH3 is 1. The molecule has 0 saturated heterocycles. The molecule has 98 valence electrons. The van der Waals surface area contributed by atoms with Crippen LogP contribution in [-0.4, -0.2) is 17.0 Å². The Balaban J connectivity index is 2.39. The lowest BCUT2D eigenvalue weighted by molar-refractivity contribution is -0.386. The highest BCUT2D eigenvalue weighted by Crippen LogP contribution is 2.31. The monoisotopic (exact) mass is 372 g/mol. The Bertz CT molecular complexity index is 618. The second-order valence-electron chi connectivity index (χ2n) is 3.49. The third-order valence-electron chi connectivity index (χ3n) is 2.23. The van der Waals surface area contributed by atoms with Gasteiger partial charge in [0, 0.05) is 15.7 Å². The SMILES string of the molecule is COc1ccc([N+](=O)[O-])c(Oc2cccc(I)c2)n1. The Morgan fingerprint density at radius 3 is 2.74 bits per heavy atom. The van der Waals surface area contributed by atoms with Crippen LogP contribution in [0.4, 0.5) is 5.69 Å². The molecule has 0 saturated carbocycles. The molecule has 6 nitrogen and oxygen atoms in total. The number of nitro groups is 1. The highest BCUT2D eigenvalue weighted by Gasteiger charge is 2.18. The summed E-state index contributed by atoms with van der Waals surface area (Å²) in [7, 11) is 1.43. The predicted molar refractivity (Wildman–Crippen MR) is 76.7 cm³/mol. The molecule has 0 radical (unpaired) electrons. The van der Waals surface area contributed by atoms with Crippen LogP contribution >= 0.6 is 22.6 Å². The largest absolute Gasteiger partial charge is 0.481 e. The van der Waals surface area contributed by atoms with Gasteiger partial charge in [-0.25, -0.2) is 0 Å². The van der Waals surface area contributed by atoms with Gasteiger partial charge in [0.05, 0.1) is 12.0 Å². The van der Waals surface area contributed by atoms with Gasteiger partial charge in [0.1, 0.15) is 5.75 Å². The molecule has 0 aliphatic carbocycles. The van der Waals surface area contributed by atoms with Gasteiger partial charge in [0.25, 0.3) is 0 Å². The van der Waals surface area contributed by atoms with Gasteiger partial charge in [0.2, 0.25) is 5.88 Å². The van der Waals surface area contributed by atoms with E-state index in [0.29, 0.717) is 5.75 Å². The lowest BCUT2D eigenvalue weighted by Crippen LogP contribution is -1.98. The normalized spacial score (nSPS) is 10.0. The first kappa shape index (κ1) is 13.5. The third kappa shape index (κ3) is 3.31. The first-order valence-electron chi connectivity index (χ1n) is 5.23. The van der Waals surface area contributed by atoms with Crippen molar-refractivity contribution < 1.29 is 14.4 Å². The quantitative estimate of drug-likeness (QED) is 0.467. The van der Waals surface area contributed by atoms with Crippen molar-refractivity contribution in [2.24, 2.45) is 0 Å². The molecule has 0 bridgehead atoms. The fraction of sp³-hybridized carbons (Fsp3) is 0.0833. The van der Waals surface area contributed by atoms with Crippen LogP contribution in [0.2, 0.25) is 0 Å². The lowest BCUT2D eigenvalue weighted by Gasteiger charge is -2.07. The number of hydrogen-bond donors (Lipinski definition) is 0. The molecule has 19 heavy (non-hydrogen) atoms. The molecule has 0 aliphatic rings. The van der Waals surface area contributed by atoms with E-state index in [-0.39, 0.29) is 17.4 Å². The number of rotatable bonds is 4. The molecule has 1 heterocycles. The van der Waals surface area contributed by atoms with E-state index in [1.807, 2.05) is 6.07 Å². The minimum Gasteiger partial charge on any atom is -0.481 e. The summed E-state index contributed by atoms with van der Waals surface area (Å²) in [5, 5.41) is 10.9. The molecule has 2 rings (SSSR count). The molecular formula is C12H9IN2O4. The maximum atomic E-state index is 10.9. The number of pyridine rings is 1. The molecule has 0 N–H and O–H groups in total. The van der Waals surface area contributed by atoms with E-state index in [9.17, 15) is 10.1 Å². The Morgan fingerprint density at radius 1 is 1.32 bits per heavy atom. The number of benzene rings is 1. The van der Waals surface area contributed by atoms with Gasteiger partial charge < -0.3 is 9.47 Å². The van der Waals surface area contributed by atoms with Crippen LogP contribution in [0.5, 0.6) is 17.5 Å². The van der Waals surface area contributed by atoms with Crippen LogP contribution < -0.4 is 9.47 Å². The van der Waals surface area contributed by atoms with Gasteiger partial charge in [-0.2, -0.15) is 4.98 Å². The summed E-state index contributed by atoms with van der Waals surface area (Å²) >= 11 is 2.13. The Morgan fingerprint density at radius 2 is 2.11 bits per heavy atom. The van der Waals surface area contributed by atoms with Gasteiger partial charge in [-0.1, -0.05) is 6.07 Å². The van der Waals surface area contributed by atoms with Crippen molar-refractivity contribution in [3.05, 3.63) is 50.1 Å². The number of hydrogen-bond acceptors (Lipinski definition) is 5. The second kappa shape index (κ2) is 5.83. The van der Waals surface area contributed by atoms with E-state index in [1.54, 1.807) is 18.2 Å². The zero-order valence-corrected chi connectivity index (χ0v) is 12.0. The van der Waals surface area contributed by atoms with Crippen LogP contribution in [0.15, 0.2) is 36.4 Å². The summed E-state index contributed by atoms with van der Waals surface area (Å²) in [6.45, 7) is 0. The minimum absolute atomic E-state index is 0.0913. The summed E-state index contributed by atoms with van der Waals surface area (Å²) in [5.74, 6) is 0.647. The molecule has 1 aromatic heterocycles. The standard InChI is InChI=1S/C12H9IN2O4/c1-18-11-6-5-10(15(16)17)12(14-11)19-9-4-2-3-8(13)7-9/h2-7H,1H3. The molecule has 0 amide bonds. The summed E-state index contributed by atoms with van der Waals surface area (Å²) in [4.78, 5) is 14.3. The summed E-state index contributed by atoms with van der Waals surface area (Å²) in [6, 6.07) is 9.86. The summed E-state index contributed by atoms with van der Waals surface area (Å²) in [5.41, 5.74) is -0.209. The number of nitrogens with zero attached hydrogens (tertiary/aromatic N) is 2. The van der Waals surface area contributed by atoms with Gasteiger partial charge >= 0.3 is 11.6 Å². The van der Waals surface area contributed by atoms with Crippen molar-refractivity contribution in [1.82, 2.24) is 4.98 Å². The van der Waals surface area contributed by atoms with Crippen LogP contribution in [0, 0.1) is 13.7 Å². The van der Waals surface area contributed by atoms with Gasteiger partial charge in [-0.05, 0) is 40.8 Å². The van der Waals surface area contributed by atoms with E-state index in [2.05, 4.69) is 27.6 Å². The predicted octanol–water partition coefficient (Wildman–Crippen LogP) is 3.40. The van der Waals surface area contributed by atoms with Crippen LogP contribution in [-0.2, 0) is 0 Å². The number of aromatic nitrogens is 1. The molecular weight excluding hydrogens is 363 g/mol. The van der Waals surface area contributed by atoms with Crippen LogP contribution in [0.25, 0.3) is 0 Å². The van der Waals surface area contributed by atoms with E-state index in [0.717, 1.165) is 3.57 Å². The zero-order chi connectivity index (χ0) is 13.8. The van der Waals surface area contributed by atoms with Crippen molar-refractivity contribution in [1.29, 1.82) is 0 Å². The molecule has 0 fully saturated rings. The van der Waals surface area contributed by atoms with Crippen molar-refractivity contribution in [2.75, 3.05) is 7.11 Å². The Labute approximate surface area is 122 Å². The first-order valence-corrected chi connectivity index (χ1v) is 6.31. The summed E-state index contributed by atoms with van der Waals surface area (Å²) in [6.07, 6.45) is 0. The Kier molecular flexibility index (Phi) is 4.15. The van der Waals surface area contributed by atoms with Crippen molar-refractivity contribution in [2.45, 2.75) is 0 Å². The lowest BCUT2D eigenvalue weighted by atomic mass is 10.3. The molecule has 1 aromatic carbocycles. The Hall–Kier alpha value is -1.90. The van der Waals surface area contributed by atoms with Crippen molar-refractivity contribution in [3.8, 4) is 17.5 Å². The molecule has 0 spiro atoms. The van der Waals surface area contributed by atoms with Crippen molar-refractivity contribution in [3.63, 3.8) is 0 Å². The molecule has 7 heteroatoms. The zero-order valence-electron chi connectivity index (χ0n) is 9.87. The first-order chi connectivity index (χ1) is 9.10. The van der Waals surface area contributed by atoms with E-state index < -0.39 is 4.92 Å². The van der Waals surface area contributed by atoms with Gasteiger partial charge in [-0.3, -0.25) is 10.1 Å². The fourth-order valence-corrected chi connectivity index (χ4v) is 1.90. The van der Waals surface area contributed by atoms with Crippen molar-refractivity contribution >= 4 is 28.3 Å². The molecule has 0 atom stereocenters. The van der Waals surface area contributed by atoms with E-state index >= 15 is 0 Å². The molecule has 2 aromatic rings. The maximum Gasteiger partial charge on any atom is 0.331 e.